The zero-order chi connectivity index (χ0) is 26.2. The third-order valence-electron chi connectivity index (χ3n) is 9.98. The van der Waals surface area contributed by atoms with Crippen LogP contribution in [0.2, 0.25) is 0 Å². The Balaban J connectivity index is 0.000000115. The van der Waals surface area contributed by atoms with Crippen molar-refractivity contribution in [3.8, 4) is 22.3 Å². The van der Waals surface area contributed by atoms with Crippen LogP contribution in [0.4, 0.5) is 0 Å². The summed E-state index contributed by atoms with van der Waals surface area (Å²) in [6.45, 7) is 0. The highest BCUT2D eigenvalue weighted by Crippen LogP contribution is 2.46. The van der Waals surface area contributed by atoms with Crippen molar-refractivity contribution in [1.29, 1.82) is 0 Å². The molecule has 0 heterocycles. The molecule has 0 saturated heterocycles. The van der Waals surface area contributed by atoms with E-state index in [4.69, 9.17) is 0 Å². The third-order valence-corrected chi connectivity index (χ3v) is 9.98. The molecule has 4 aromatic carbocycles. The monoisotopic (exact) mass is 512 g/mol. The second-order valence-electron chi connectivity index (χ2n) is 12.2. The summed E-state index contributed by atoms with van der Waals surface area (Å²) in [5.74, 6) is 0. The molecule has 0 amide bonds. The average molecular weight is 513 g/mol. The van der Waals surface area contributed by atoms with Crippen LogP contribution in [0.25, 0.3) is 33.4 Å². The van der Waals surface area contributed by atoms with Gasteiger partial charge >= 0.3 is 0 Å². The van der Waals surface area contributed by atoms with Gasteiger partial charge in [0.1, 0.15) is 0 Å². The minimum atomic E-state index is 1.11. The van der Waals surface area contributed by atoms with Crippen molar-refractivity contribution < 1.29 is 0 Å². The predicted octanol–water partition coefficient (Wildman–Crippen LogP) is 9.83. The molecule has 0 saturated carbocycles. The van der Waals surface area contributed by atoms with Crippen molar-refractivity contribution in [2.24, 2.45) is 0 Å². The van der Waals surface area contributed by atoms with E-state index in [1.54, 1.807) is 27.9 Å². The molecule has 10 rings (SSSR count). The predicted molar refractivity (Wildman–Crippen MR) is 167 cm³/mol. The van der Waals surface area contributed by atoms with E-state index in [-0.39, 0.29) is 0 Å². The number of benzene rings is 4. The van der Waals surface area contributed by atoms with Crippen LogP contribution in [-0.4, -0.2) is 0 Å². The van der Waals surface area contributed by atoms with Gasteiger partial charge in [0.15, 0.2) is 0 Å². The minimum absolute atomic E-state index is 1.11. The van der Waals surface area contributed by atoms with E-state index in [2.05, 4.69) is 97.1 Å². The van der Waals surface area contributed by atoms with Crippen LogP contribution < -0.4 is 0 Å². The van der Waals surface area contributed by atoms with Crippen molar-refractivity contribution in [3.05, 3.63) is 153 Å². The maximum absolute atomic E-state index is 2.48. The average Bonchev–Trinajstić information content (AvgIpc) is 3.74. The van der Waals surface area contributed by atoms with E-state index in [0.29, 0.717) is 0 Å². The minimum Gasteiger partial charge on any atom is -0.0839 e. The van der Waals surface area contributed by atoms with Crippen molar-refractivity contribution in [3.63, 3.8) is 0 Å². The van der Waals surface area contributed by atoms with Gasteiger partial charge in [-0.3, -0.25) is 0 Å². The summed E-state index contributed by atoms with van der Waals surface area (Å²) in [7, 11) is 0. The molecule has 0 nitrogen and oxygen atoms in total. The fourth-order valence-corrected chi connectivity index (χ4v) is 8.10. The summed E-state index contributed by atoms with van der Waals surface area (Å²) < 4.78 is 0. The van der Waals surface area contributed by atoms with E-state index in [9.17, 15) is 0 Å². The van der Waals surface area contributed by atoms with E-state index in [1.807, 2.05) is 0 Å². The molecule has 0 aromatic heterocycles. The van der Waals surface area contributed by atoms with Crippen LogP contribution in [0.15, 0.2) is 108 Å². The largest absolute Gasteiger partial charge is 0.0839 e. The molecule has 0 N–H and O–H groups in total. The van der Waals surface area contributed by atoms with Crippen LogP contribution in [0.1, 0.15) is 70.2 Å². The molecule has 0 unspecified atom stereocenters. The molecule has 192 valence electrons. The molecule has 0 bridgehead atoms. The number of fused-ring (bicyclic) bond motifs is 10. The Kier molecular flexibility index (Phi) is 4.91. The number of hydrogen-bond acceptors (Lipinski definition) is 0. The fraction of sp³-hybridized carbons (Fsp3) is 0.200. The van der Waals surface area contributed by atoms with Crippen molar-refractivity contribution >= 4 is 11.1 Å². The first-order valence-corrected chi connectivity index (χ1v) is 15.1. The Morgan fingerprint density at radius 3 is 1.50 bits per heavy atom. The van der Waals surface area contributed by atoms with Crippen molar-refractivity contribution in [2.45, 2.75) is 51.4 Å². The van der Waals surface area contributed by atoms with Crippen molar-refractivity contribution in [1.82, 2.24) is 0 Å². The van der Waals surface area contributed by atoms with Gasteiger partial charge in [-0.2, -0.15) is 0 Å². The lowest BCUT2D eigenvalue weighted by Crippen LogP contribution is -1.90. The quantitative estimate of drug-likeness (QED) is 0.190. The van der Waals surface area contributed by atoms with Gasteiger partial charge in [-0.1, -0.05) is 85.0 Å². The standard InChI is InChI=1S/2C20H16/c1-3-7-17-13(5-1)9-15-11-20-16(12-19(15)17)10-14-6-2-4-8-18(14)20;1-3-7-17-13(5-1)9-15-11-16-10-14-6-2-4-8-18(14)20(16)12-19(15)17/h2*1-3,5-7,11-12H,4,8-10H2. The zero-order valence-corrected chi connectivity index (χ0v) is 22.9. The van der Waals surface area contributed by atoms with Crippen LogP contribution >= 0.6 is 0 Å². The Morgan fingerprint density at radius 2 is 0.850 bits per heavy atom. The van der Waals surface area contributed by atoms with Gasteiger partial charge in [0.2, 0.25) is 0 Å². The third kappa shape index (κ3) is 3.38. The molecule has 6 aliphatic rings. The molecule has 0 atom stereocenters. The van der Waals surface area contributed by atoms with Crippen LogP contribution in [0.3, 0.4) is 0 Å². The fourth-order valence-electron chi connectivity index (χ4n) is 8.10. The van der Waals surface area contributed by atoms with Crippen LogP contribution in [0.5, 0.6) is 0 Å². The van der Waals surface area contributed by atoms with Gasteiger partial charge in [-0.05, 0) is 153 Å². The van der Waals surface area contributed by atoms with E-state index in [1.165, 1.54) is 86.9 Å². The van der Waals surface area contributed by atoms with Gasteiger partial charge < -0.3 is 0 Å². The van der Waals surface area contributed by atoms with Gasteiger partial charge in [0.05, 0.1) is 0 Å². The molecular formula is C40H32. The summed E-state index contributed by atoms with van der Waals surface area (Å²) in [5, 5.41) is 0. The summed E-state index contributed by atoms with van der Waals surface area (Å²) in [6, 6.07) is 27.6. The summed E-state index contributed by atoms with van der Waals surface area (Å²) >= 11 is 0. The number of allylic oxidation sites excluding steroid dienone is 8. The van der Waals surface area contributed by atoms with E-state index in [0.717, 1.165) is 25.7 Å². The number of hydrogen-bond donors (Lipinski definition) is 0. The Morgan fingerprint density at radius 1 is 0.375 bits per heavy atom. The maximum Gasteiger partial charge on any atom is -0.00132 e. The Labute approximate surface area is 237 Å². The van der Waals surface area contributed by atoms with E-state index >= 15 is 0 Å². The first kappa shape index (κ1) is 22.6. The molecule has 6 aliphatic carbocycles. The molecule has 0 heteroatoms. The highest BCUT2D eigenvalue weighted by Gasteiger charge is 2.28. The molecule has 0 radical (unpaired) electrons. The lowest BCUT2D eigenvalue weighted by Gasteiger charge is -2.11. The Bertz CT molecular complexity index is 1880. The highest BCUT2D eigenvalue weighted by atomic mass is 14.3. The number of rotatable bonds is 0. The second-order valence-corrected chi connectivity index (χ2v) is 12.2. The smallest absolute Gasteiger partial charge is 0.00132 e. The van der Waals surface area contributed by atoms with E-state index < -0.39 is 0 Å². The first-order valence-electron chi connectivity index (χ1n) is 15.1. The topological polar surface area (TPSA) is 0 Å². The van der Waals surface area contributed by atoms with Gasteiger partial charge in [0.25, 0.3) is 0 Å². The van der Waals surface area contributed by atoms with Gasteiger partial charge in [0, 0.05) is 0 Å². The normalized spacial score (nSPS) is 17.8. The molecule has 0 spiro atoms. The summed E-state index contributed by atoms with van der Waals surface area (Å²) in [6.07, 6.45) is 18.7. The first-order chi connectivity index (χ1) is 19.8. The summed E-state index contributed by atoms with van der Waals surface area (Å²) in [4.78, 5) is 0. The van der Waals surface area contributed by atoms with Gasteiger partial charge in [-0.15, -0.1) is 0 Å². The SMILES string of the molecule is C1=CC2=C(CC1)c1cc3c(cc1C2)-c1ccccc1C3.C1=CC2=C(CC1)c1cc3c(cc1C2)Cc1ccccc1-3. The Hall–Kier alpha value is -4.16. The maximum atomic E-state index is 2.48. The molecule has 4 aromatic rings. The molecule has 40 heavy (non-hydrogen) atoms. The second kappa shape index (κ2) is 8.67. The molecular weight excluding hydrogens is 480 g/mol. The van der Waals surface area contributed by atoms with Crippen LogP contribution in [0, 0.1) is 0 Å². The van der Waals surface area contributed by atoms with Crippen molar-refractivity contribution in [2.75, 3.05) is 0 Å². The van der Waals surface area contributed by atoms with Gasteiger partial charge in [-0.25, -0.2) is 0 Å². The summed E-state index contributed by atoms with van der Waals surface area (Å²) in [5.41, 5.74) is 24.4. The lowest BCUT2D eigenvalue weighted by atomic mass is 9.94. The molecule has 0 aliphatic heterocycles. The zero-order valence-electron chi connectivity index (χ0n) is 22.9. The highest BCUT2D eigenvalue weighted by molar-refractivity contribution is 5.87. The molecule has 0 fully saturated rings. The van der Waals surface area contributed by atoms with Crippen LogP contribution in [-0.2, 0) is 25.7 Å². The lowest BCUT2D eigenvalue weighted by molar-refractivity contribution is 1.04.